The van der Waals surface area contributed by atoms with Crippen LogP contribution in [0.3, 0.4) is 0 Å². The van der Waals surface area contributed by atoms with E-state index < -0.39 is 16.2 Å². The summed E-state index contributed by atoms with van der Waals surface area (Å²) in [6.45, 7) is 1.72. The second-order valence-corrected chi connectivity index (χ2v) is 5.30. The molecule has 0 saturated heterocycles. The van der Waals surface area contributed by atoms with E-state index in [0.717, 1.165) is 16.6 Å². The third kappa shape index (κ3) is 5.22. The maximum absolute atomic E-state index is 9.32. The highest BCUT2D eigenvalue weighted by Gasteiger charge is 2.02. The number of nitrogens with zero attached hydrogens (tertiary/aromatic N) is 1. The van der Waals surface area contributed by atoms with Crippen LogP contribution >= 0.6 is 0 Å². The number of fused-ring (bicyclic) bond motifs is 1. The van der Waals surface area contributed by atoms with Crippen LogP contribution in [0.1, 0.15) is 18.7 Å². The van der Waals surface area contributed by atoms with Crippen molar-refractivity contribution < 1.29 is 18.1 Å². The minimum atomic E-state index is -3.67. The van der Waals surface area contributed by atoms with Gasteiger partial charge in [0.2, 0.25) is 0 Å². The van der Waals surface area contributed by atoms with Crippen LogP contribution in [0, 0.1) is 0 Å². The Morgan fingerprint density at radius 1 is 1.17 bits per heavy atom. The molecule has 0 bridgehead atoms. The normalized spacial score (nSPS) is 12.7. The third-order valence-electron chi connectivity index (χ3n) is 2.05. The first-order chi connectivity index (χ1) is 8.27. The SMILES string of the molecule is CC(O)c1ccc2ccccc2n1.CS(=O)(=O)O. The zero-order valence-corrected chi connectivity index (χ0v) is 10.9. The molecule has 5 nitrogen and oxygen atoms in total. The van der Waals surface area contributed by atoms with Crippen LogP contribution in [0.4, 0.5) is 0 Å². The van der Waals surface area contributed by atoms with E-state index in [4.69, 9.17) is 4.55 Å². The summed E-state index contributed by atoms with van der Waals surface area (Å²) in [6.07, 6.45) is 0.220. The van der Waals surface area contributed by atoms with Gasteiger partial charge in [-0.2, -0.15) is 8.42 Å². The topological polar surface area (TPSA) is 87.5 Å². The zero-order valence-electron chi connectivity index (χ0n) is 10.1. The van der Waals surface area contributed by atoms with Crippen LogP contribution < -0.4 is 0 Å². The van der Waals surface area contributed by atoms with Gasteiger partial charge in [-0.1, -0.05) is 24.3 Å². The minimum Gasteiger partial charge on any atom is -0.387 e. The van der Waals surface area contributed by atoms with Gasteiger partial charge in [0.15, 0.2) is 0 Å². The molecule has 2 rings (SSSR count). The molecule has 0 aliphatic rings. The molecule has 98 valence electrons. The molecule has 0 fully saturated rings. The van der Waals surface area contributed by atoms with Gasteiger partial charge < -0.3 is 5.11 Å². The Balaban J connectivity index is 0.000000280. The van der Waals surface area contributed by atoms with E-state index in [-0.39, 0.29) is 0 Å². The lowest BCUT2D eigenvalue weighted by molar-refractivity contribution is 0.195. The van der Waals surface area contributed by atoms with Gasteiger partial charge in [0.05, 0.1) is 23.6 Å². The van der Waals surface area contributed by atoms with Crippen LogP contribution in [0.5, 0.6) is 0 Å². The number of pyridine rings is 1. The van der Waals surface area contributed by atoms with Crippen LogP contribution in [-0.4, -0.2) is 29.3 Å². The first-order valence-corrected chi connectivity index (χ1v) is 7.08. The summed E-state index contributed by atoms with van der Waals surface area (Å²) in [7, 11) is -3.67. The van der Waals surface area contributed by atoms with E-state index in [9.17, 15) is 13.5 Å². The average Bonchev–Trinajstić information content (AvgIpc) is 2.26. The number of hydrogen-bond donors (Lipinski definition) is 2. The molecule has 0 saturated carbocycles. The maximum atomic E-state index is 9.32. The highest BCUT2D eigenvalue weighted by Crippen LogP contribution is 2.15. The van der Waals surface area contributed by atoms with E-state index >= 15 is 0 Å². The van der Waals surface area contributed by atoms with E-state index in [1.165, 1.54) is 0 Å². The highest BCUT2D eigenvalue weighted by molar-refractivity contribution is 7.85. The smallest absolute Gasteiger partial charge is 0.261 e. The second kappa shape index (κ2) is 5.90. The fraction of sp³-hybridized carbons (Fsp3) is 0.250. The molecule has 1 aromatic heterocycles. The molecule has 1 aromatic carbocycles. The number of rotatable bonds is 1. The van der Waals surface area contributed by atoms with Crippen molar-refractivity contribution in [3.8, 4) is 0 Å². The van der Waals surface area contributed by atoms with Crippen LogP contribution in [0.15, 0.2) is 36.4 Å². The second-order valence-electron chi connectivity index (χ2n) is 3.84. The van der Waals surface area contributed by atoms with E-state index in [1.54, 1.807) is 6.92 Å². The largest absolute Gasteiger partial charge is 0.387 e. The molecule has 1 unspecified atom stereocenters. The fourth-order valence-electron chi connectivity index (χ4n) is 1.31. The van der Waals surface area contributed by atoms with Crippen molar-refractivity contribution >= 4 is 21.0 Å². The van der Waals surface area contributed by atoms with Crippen molar-refractivity contribution in [2.75, 3.05) is 6.26 Å². The zero-order chi connectivity index (χ0) is 13.8. The maximum Gasteiger partial charge on any atom is 0.261 e. The molecule has 0 radical (unpaired) electrons. The molecule has 1 atom stereocenters. The van der Waals surface area contributed by atoms with Gasteiger partial charge in [-0.15, -0.1) is 0 Å². The molecular weight excluding hydrogens is 254 g/mol. The van der Waals surface area contributed by atoms with Crippen molar-refractivity contribution in [1.29, 1.82) is 0 Å². The van der Waals surface area contributed by atoms with Gasteiger partial charge in [0.1, 0.15) is 0 Å². The first-order valence-electron chi connectivity index (χ1n) is 5.23. The van der Waals surface area contributed by atoms with Gasteiger partial charge in [-0.05, 0) is 19.1 Å². The summed E-state index contributed by atoms with van der Waals surface area (Å²) < 4.78 is 25.9. The van der Waals surface area contributed by atoms with Crippen molar-refractivity contribution in [2.45, 2.75) is 13.0 Å². The Bertz CT molecular complexity index is 615. The lowest BCUT2D eigenvalue weighted by Gasteiger charge is -2.04. The summed E-state index contributed by atoms with van der Waals surface area (Å²) in [5, 5.41) is 10.4. The number of aromatic nitrogens is 1. The van der Waals surface area contributed by atoms with E-state index in [0.29, 0.717) is 6.26 Å². The van der Waals surface area contributed by atoms with Gasteiger partial charge in [-0.3, -0.25) is 9.54 Å². The summed E-state index contributed by atoms with van der Waals surface area (Å²) in [4.78, 5) is 4.32. The van der Waals surface area contributed by atoms with Gasteiger partial charge >= 0.3 is 0 Å². The number of para-hydroxylation sites is 1. The Morgan fingerprint density at radius 2 is 1.72 bits per heavy atom. The monoisotopic (exact) mass is 269 g/mol. The summed E-state index contributed by atoms with van der Waals surface area (Å²) in [6, 6.07) is 11.7. The minimum absolute atomic E-state index is 0.496. The highest BCUT2D eigenvalue weighted by atomic mass is 32.2. The Kier molecular flexibility index (Phi) is 4.77. The lowest BCUT2D eigenvalue weighted by atomic mass is 10.2. The number of aliphatic hydroxyl groups excluding tert-OH is 1. The molecule has 2 N–H and O–H groups in total. The molecular formula is C12H15NO4S. The van der Waals surface area contributed by atoms with Crippen molar-refractivity contribution in [1.82, 2.24) is 4.98 Å². The molecule has 6 heteroatoms. The number of benzene rings is 1. The standard InChI is InChI=1S/C11H11NO.CH4O3S/c1-8(13)10-7-6-9-4-2-3-5-11(9)12-10;1-5(2,3)4/h2-8,13H,1H3;1H3,(H,2,3,4). The Hall–Kier alpha value is -1.50. The first kappa shape index (κ1) is 14.6. The van der Waals surface area contributed by atoms with Crippen LogP contribution in [-0.2, 0) is 10.1 Å². The van der Waals surface area contributed by atoms with Gasteiger partial charge in [-0.25, -0.2) is 0 Å². The van der Waals surface area contributed by atoms with Crippen LogP contribution in [0.2, 0.25) is 0 Å². The summed E-state index contributed by atoms with van der Waals surface area (Å²) >= 11 is 0. The molecule has 0 amide bonds. The summed E-state index contributed by atoms with van der Waals surface area (Å²) in [5.41, 5.74) is 1.65. The van der Waals surface area contributed by atoms with Crippen molar-refractivity contribution in [2.24, 2.45) is 0 Å². The molecule has 0 aliphatic carbocycles. The number of aliphatic hydroxyl groups is 1. The molecule has 0 aliphatic heterocycles. The van der Waals surface area contributed by atoms with E-state index in [2.05, 4.69) is 4.98 Å². The molecule has 2 aromatic rings. The molecule has 0 spiro atoms. The Labute approximate surface area is 106 Å². The predicted molar refractivity (Wildman–Crippen MR) is 69.8 cm³/mol. The quantitative estimate of drug-likeness (QED) is 0.771. The van der Waals surface area contributed by atoms with Crippen molar-refractivity contribution in [3.63, 3.8) is 0 Å². The van der Waals surface area contributed by atoms with Crippen LogP contribution in [0.25, 0.3) is 10.9 Å². The average molecular weight is 269 g/mol. The number of hydrogen-bond acceptors (Lipinski definition) is 4. The lowest BCUT2D eigenvalue weighted by Crippen LogP contribution is -1.94. The predicted octanol–water partition coefficient (Wildman–Crippen LogP) is 1.79. The molecule has 18 heavy (non-hydrogen) atoms. The Morgan fingerprint density at radius 3 is 2.28 bits per heavy atom. The summed E-state index contributed by atoms with van der Waals surface area (Å²) in [5.74, 6) is 0. The van der Waals surface area contributed by atoms with Gasteiger partial charge in [0.25, 0.3) is 10.1 Å². The van der Waals surface area contributed by atoms with Crippen molar-refractivity contribution in [3.05, 3.63) is 42.1 Å². The van der Waals surface area contributed by atoms with Gasteiger partial charge in [0, 0.05) is 5.39 Å². The third-order valence-corrected chi connectivity index (χ3v) is 2.05. The van der Waals surface area contributed by atoms with E-state index in [1.807, 2.05) is 36.4 Å². The molecule has 1 heterocycles. The fourth-order valence-corrected chi connectivity index (χ4v) is 1.31.